The van der Waals surface area contributed by atoms with Gasteiger partial charge < -0.3 is 14.6 Å². The Kier molecular flexibility index (Phi) is 4.20. The first-order chi connectivity index (χ1) is 8.58. The summed E-state index contributed by atoms with van der Waals surface area (Å²) in [7, 11) is 1.44. The molecule has 1 unspecified atom stereocenters. The van der Waals surface area contributed by atoms with Crippen LogP contribution in [-0.2, 0) is 9.47 Å². The van der Waals surface area contributed by atoms with E-state index in [1.165, 1.54) is 23.9 Å². The van der Waals surface area contributed by atoms with Crippen molar-refractivity contribution < 1.29 is 14.6 Å². The molecule has 1 aromatic heterocycles. The van der Waals surface area contributed by atoms with Crippen LogP contribution < -0.4 is 11.2 Å². The summed E-state index contributed by atoms with van der Waals surface area (Å²) in [5, 5.41) is 9.98. The summed E-state index contributed by atoms with van der Waals surface area (Å²) in [4.78, 5) is 24.8. The van der Waals surface area contributed by atoms with Crippen LogP contribution in [0.25, 0.3) is 0 Å². The summed E-state index contributed by atoms with van der Waals surface area (Å²) in [5.74, 6) is 0. The molecular weight excluding hydrogens is 355 g/mol. The van der Waals surface area contributed by atoms with E-state index >= 15 is 0 Å². The first kappa shape index (κ1) is 13.7. The number of nitrogens with one attached hydrogen (secondary N) is 1. The molecule has 0 aliphatic carbocycles. The number of nitrogens with zero attached hydrogens (tertiary/aromatic N) is 1. The third kappa shape index (κ3) is 2.37. The lowest BCUT2D eigenvalue weighted by atomic mass is 10.1. The number of ether oxygens (including phenoxy) is 2. The molecule has 1 saturated heterocycles. The molecule has 1 fully saturated rings. The SMILES string of the molecule is COC1[C@@H](O)[C@@H](CI)O[C@H]1n1ccc(=O)[nH]c1=O. The first-order valence-electron chi connectivity index (χ1n) is 5.32. The monoisotopic (exact) mass is 368 g/mol. The fraction of sp³-hybridized carbons (Fsp3) is 0.600. The van der Waals surface area contributed by atoms with Crippen LogP contribution in [0.4, 0.5) is 0 Å². The number of aliphatic hydroxyl groups excluding tert-OH is 1. The predicted octanol–water partition coefficient (Wildman–Crippen LogP) is -0.755. The Morgan fingerprint density at radius 3 is 2.89 bits per heavy atom. The van der Waals surface area contributed by atoms with Crippen LogP contribution in [-0.4, -0.2) is 44.5 Å². The van der Waals surface area contributed by atoms with Gasteiger partial charge in [-0.3, -0.25) is 14.3 Å². The van der Waals surface area contributed by atoms with E-state index in [4.69, 9.17) is 9.47 Å². The molecule has 0 aromatic carbocycles. The molecule has 2 N–H and O–H groups in total. The van der Waals surface area contributed by atoms with E-state index in [0.29, 0.717) is 4.43 Å². The lowest BCUT2D eigenvalue weighted by molar-refractivity contribution is -0.0509. The van der Waals surface area contributed by atoms with Gasteiger partial charge in [0.15, 0.2) is 6.23 Å². The quantitative estimate of drug-likeness (QED) is 0.541. The fourth-order valence-electron chi connectivity index (χ4n) is 1.95. The van der Waals surface area contributed by atoms with E-state index < -0.39 is 35.8 Å². The van der Waals surface area contributed by atoms with Crippen molar-refractivity contribution in [3.8, 4) is 0 Å². The van der Waals surface area contributed by atoms with E-state index in [-0.39, 0.29) is 0 Å². The molecule has 4 atom stereocenters. The average Bonchev–Trinajstić information content (AvgIpc) is 2.65. The Labute approximate surface area is 116 Å². The fourth-order valence-corrected chi connectivity index (χ4v) is 2.68. The Morgan fingerprint density at radius 1 is 1.61 bits per heavy atom. The highest BCUT2D eigenvalue weighted by Gasteiger charge is 2.44. The number of hydrogen-bond acceptors (Lipinski definition) is 5. The van der Waals surface area contributed by atoms with E-state index in [1.54, 1.807) is 0 Å². The summed E-state index contributed by atoms with van der Waals surface area (Å²) in [6.07, 6.45) is -1.27. The molecule has 1 aliphatic rings. The van der Waals surface area contributed by atoms with Gasteiger partial charge >= 0.3 is 5.69 Å². The van der Waals surface area contributed by atoms with Crippen molar-refractivity contribution in [1.29, 1.82) is 0 Å². The van der Waals surface area contributed by atoms with E-state index in [9.17, 15) is 14.7 Å². The lowest BCUT2D eigenvalue weighted by Crippen LogP contribution is -2.38. The van der Waals surface area contributed by atoms with Crippen molar-refractivity contribution in [1.82, 2.24) is 9.55 Å². The number of aromatic amines is 1. The minimum absolute atomic E-state index is 0.403. The van der Waals surface area contributed by atoms with Crippen LogP contribution in [0.5, 0.6) is 0 Å². The van der Waals surface area contributed by atoms with Crippen molar-refractivity contribution in [2.24, 2.45) is 0 Å². The maximum Gasteiger partial charge on any atom is 0.330 e. The Morgan fingerprint density at radius 2 is 2.33 bits per heavy atom. The van der Waals surface area contributed by atoms with Crippen molar-refractivity contribution in [3.63, 3.8) is 0 Å². The van der Waals surface area contributed by atoms with Gasteiger partial charge in [0, 0.05) is 23.8 Å². The molecule has 2 rings (SSSR count). The van der Waals surface area contributed by atoms with E-state index in [0.717, 1.165) is 0 Å². The molecule has 0 radical (unpaired) electrons. The first-order valence-corrected chi connectivity index (χ1v) is 6.84. The van der Waals surface area contributed by atoms with Gasteiger partial charge in [0.1, 0.15) is 12.2 Å². The third-order valence-electron chi connectivity index (χ3n) is 2.86. The largest absolute Gasteiger partial charge is 0.387 e. The molecule has 18 heavy (non-hydrogen) atoms. The van der Waals surface area contributed by atoms with Gasteiger partial charge in [-0.1, -0.05) is 22.6 Å². The number of methoxy groups -OCH3 is 1. The molecule has 8 heteroatoms. The van der Waals surface area contributed by atoms with Gasteiger partial charge in [0.25, 0.3) is 5.56 Å². The van der Waals surface area contributed by atoms with Crippen molar-refractivity contribution in [2.75, 3.05) is 11.5 Å². The number of H-pyrrole nitrogens is 1. The van der Waals surface area contributed by atoms with Gasteiger partial charge in [-0.25, -0.2) is 4.79 Å². The number of aromatic nitrogens is 2. The summed E-state index contributed by atoms with van der Waals surface area (Å²) in [5.41, 5.74) is -1.06. The minimum atomic E-state index is -0.810. The molecule has 7 nitrogen and oxygen atoms in total. The topological polar surface area (TPSA) is 93.5 Å². The van der Waals surface area contributed by atoms with Crippen LogP contribution in [0.2, 0.25) is 0 Å². The van der Waals surface area contributed by atoms with E-state index in [2.05, 4.69) is 27.6 Å². The predicted molar refractivity (Wildman–Crippen MR) is 70.9 cm³/mol. The van der Waals surface area contributed by atoms with Gasteiger partial charge in [-0.15, -0.1) is 0 Å². The molecule has 1 aromatic rings. The van der Waals surface area contributed by atoms with Crippen LogP contribution in [0.3, 0.4) is 0 Å². The van der Waals surface area contributed by atoms with Crippen LogP contribution >= 0.6 is 22.6 Å². The smallest absolute Gasteiger partial charge is 0.330 e. The second kappa shape index (κ2) is 5.51. The summed E-state index contributed by atoms with van der Waals surface area (Å²) < 4.78 is 12.6. The molecule has 0 spiro atoms. The summed E-state index contributed by atoms with van der Waals surface area (Å²) >= 11 is 2.09. The molecule has 0 saturated carbocycles. The van der Waals surface area contributed by atoms with Crippen LogP contribution in [0, 0.1) is 0 Å². The molecule has 1 aliphatic heterocycles. The van der Waals surface area contributed by atoms with Gasteiger partial charge in [-0.05, 0) is 0 Å². The normalized spacial score (nSPS) is 31.7. The second-order valence-corrected chi connectivity index (χ2v) is 4.81. The number of rotatable bonds is 3. The van der Waals surface area contributed by atoms with Crippen LogP contribution in [0.15, 0.2) is 21.9 Å². The van der Waals surface area contributed by atoms with Gasteiger partial charge in [0.2, 0.25) is 0 Å². The zero-order valence-corrected chi connectivity index (χ0v) is 11.7. The maximum atomic E-state index is 11.7. The lowest BCUT2D eigenvalue weighted by Gasteiger charge is -2.19. The van der Waals surface area contributed by atoms with Crippen LogP contribution in [0.1, 0.15) is 6.23 Å². The molecule has 0 bridgehead atoms. The summed E-state index contributed by atoms with van der Waals surface area (Å²) in [6.45, 7) is 0. The second-order valence-electron chi connectivity index (χ2n) is 3.93. The molecular formula is C10H13IN2O5. The highest BCUT2D eigenvalue weighted by molar-refractivity contribution is 14.1. The van der Waals surface area contributed by atoms with Crippen molar-refractivity contribution >= 4 is 22.6 Å². The Bertz CT molecular complexity index is 527. The van der Waals surface area contributed by atoms with Gasteiger partial charge in [-0.2, -0.15) is 0 Å². The zero-order chi connectivity index (χ0) is 13.3. The third-order valence-corrected chi connectivity index (χ3v) is 3.73. The highest BCUT2D eigenvalue weighted by atomic mass is 127. The highest BCUT2D eigenvalue weighted by Crippen LogP contribution is 2.31. The molecule has 100 valence electrons. The number of halogens is 1. The number of aliphatic hydroxyl groups is 1. The average molecular weight is 368 g/mol. The minimum Gasteiger partial charge on any atom is -0.387 e. The maximum absolute atomic E-state index is 11.7. The Hall–Kier alpha value is -0.710. The Balaban J connectivity index is 2.38. The standard InChI is InChI=1S/C10H13IN2O5/c1-17-8-7(15)5(4-11)18-9(8)13-3-2-6(14)12-10(13)16/h2-3,5,7-9,15H,4H2,1H3,(H,12,14,16)/t5-,7+,8?,9-/m1/s1. The zero-order valence-electron chi connectivity index (χ0n) is 9.58. The van der Waals surface area contributed by atoms with Crippen molar-refractivity contribution in [2.45, 2.75) is 24.5 Å². The molecule has 0 amide bonds. The molecule has 2 heterocycles. The number of hydrogen-bond donors (Lipinski definition) is 2. The van der Waals surface area contributed by atoms with Crippen molar-refractivity contribution in [3.05, 3.63) is 33.1 Å². The van der Waals surface area contributed by atoms with E-state index in [1.807, 2.05) is 0 Å². The summed E-state index contributed by atoms with van der Waals surface area (Å²) in [6, 6.07) is 1.22. The number of alkyl halides is 1. The van der Waals surface area contributed by atoms with Gasteiger partial charge in [0.05, 0.1) is 6.10 Å².